The molecule has 1 aromatic carbocycles. The molecule has 0 saturated heterocycles. The maximum atomic E-state index is 14.0. The molecule has 2 aromatic rings. The lowest BCUT2D eigenvalue weighted by Gasteiger charge is -2.37. The van der Waals surface area contributed by atoms with Crippen molar-refractivity contribution in [3.05, 3.63) is 42.0 Å². The van der Waals surface area contributed by atoms with Crippen molar-refractivity contribution >= 4 is 46.6 Å². The number of sulfone groups is 1. The van der Waals surface area contributed by atoms with Crippen LogP contribution in [0.1, 0.15) is 54.9 Å². The first-order valence-corrected chi connectivity index (χ1v) is 16.9. The molecule has 201 valence electrons. The Bertz CT molecular complexity index is 1170. The number of amides is 1. The number of ether oxygens (including phenoxy) is 1. The molecule has 7 nitrogen and oxygen atoms in total. The van der Waals surface area contributed by atoms with Gasteiger partial charge in [0.05, 0.1) is 9.92 Å². The van der Waals surface area contributed by atoms with Crippen molar-refractivity contribution in [2.45, 2.75) is 88.9 Å². The first kappa shape index (κ1) is 30.5. The van der Waals surface area contributed by atoms with E-state index >= 15 is 0 Å². The molecule has 0 spiro atoms. The summed E-state index contributed by atoms with van der Waals surface area (Å²) in [5.41, 5.74) is -0.788. The predicted octanol–water partition coefficient (Wildman–Crippen LogP) is 6.86. The van der Waals surface area contributed by atoms with E-state index in [1.54, 1.807) is 46.0 Å². The lowest BCUT2D eigenvalue weighted by Crippen LogP contribution is -2.48. The predicted molar refractivity (Wildman–Crippen MR) is 148 cm³/mol. The molecule has 1 radical (unpaired) electrons. The van der Waals surface area contributed by atoms with Crippen LogP contribution in [0.15, 0.2) is 35.5 Å². The number of halogens is 1. The van der Waals surface area contributed by atoms with Crippen LogP contribution < -0.4 is 0 Å². The van der Waals surface area contributed by atoms with Crippen LogP contribution in [-0.2, 0) is 19.0 Å². The van der Waals surface area contributed by atoms with Crippen molar-refractivity contribution in [3.63, 3.8) is 0 Å². The van der Waals surface area contributed by atoms with Gasteiger partial charge < -0.3 is 9.16 Å². The van der Waals surface area contributed by atoms with Gasteiger partial charge in [0.25, 0.3) is 0 Å². The minimum absolute atomic E-state index is 0.0431. The Morgan fingerprint density at radius 3 is 2.36 bits per heavy atom. The summed E-state index contributed by atoms with van der Waals surface area (Å²) in [6, 6.07) is 4.90. The SMILES string of the molecule is C[CH][C@@H](N(CCCO[Si](C)(C)C(C)(C)C)C(=O)OC(C)(C)C)S(=O)(=O)c1cccc2cncc(Cl)c12. The molecule has 2 rings (SSSR count). The smallest absolute Gasteiger partial charge is 0.411 e. The van der Waals surface area contributed by atoms with Gasteiger partial charge in [0.1, 0.15) is 11.0 Å². The van der Waals surface area contributed by atoms with Gasteiger partial charge in [0, 0.05) is 36.3 Å². The van der Waals surface area contributed by atoms with E-state index in [1.807, 2.05) is 0 Å². The maximum absolute atomic E-state index is 14.0. The summed E-state index contributed by atoms with van der Waals surface area (Å²) in [5, 5.41) is 0.00302. The largest absolute Gasteiger partial charge is 0.444 e. The quantitative estimate of drug-likeness (QED) is 0.248. The second kappa shape index (κ2) is 11.4. The van der Waals surface area contributed by atoms with Crippen molar-refractivity contribution < 1.29 is 22.4 Å². The van der Waals surface area contributed by atoms with E-state index in [0.717, 1.165) is 0 Å². The van der Waals surface area contributed by atoms with E-state index in [1.165, 1.54) is 23.6 Å². The van der Waals surface area contributed by atoms with E-state index < -0.39 is 35.2 Å². The summed E-state index contributed by atoms with van der Waals surface area (Å²) < 4.78 is 39.8. The van der Waals surface area contributed by atoms with Crippen LogP contribution in [0, 0.1) is 6.42 Å². The van der Waals surface area contributed by atoms with Crippen molar-refractivity contribution in [3.8, 4) is 0 Å². The van der Waals surface area contributed by atoms with Crippen molar-refractivity contribution in [1.29, 1.82) is 0 Å². The molecule has 0 aliphatic carbocycles. The van der Waals surface area contributed by atoms with Crippen LogP contribution >= 0.6 is 11.6 Å². The van der Waals surface area contributed by atoms with Crippen molar-refractivity contribution in [2.75, 3.05) is 13.2 Å². The molecule has 0 aliphatic rings. The Balaban J connectivity index is 2.43. The third-order valence-corrected chi connectivity index (χ3v) is 13.3. The highest BCUT2D eigenvalue weighted by Crippen LogP contribution is 2.37. The summed E-state index contributed by atoms with van der Waals surface area (Å²) in [4.78, 5) is 18.6. The number of benzene rings is 1. The summed E-state index contributed by atoms with van der Waals surface area (Å²) in [7, 11) is -6.05. The van der Waals surface area contributed by atoms with Crippen LogP contribution in [0.5, 0.6) is 0 Å². The normalized spacial score (nSPS) is 14.1. The first-order chi connectivity index (χ1) is 16.4. The fourth-order valence-electron chi connectivity index (χ4n) is 3.47. The van der Waals surface area contributed by atoms with E-state index in [-0.39, 0.29) is 21.5 Å². The zero-order chi connectivity index (χ0) is 27.5. The van der Waals surface area contributed by atoms with Gasteiger partial charge in [0.2, 0.25) is 9.84 Å². The minimum atomic E-state index is -4.06. The topological polar surface area (TPSA) is 85.8 Å². The fraction of sp³-hybridized carbons (Fsp3) is 0.577. The van der Waals surface area contributed by atoms with Crippen LogP contribution in [0.2, 0.25) is 23.2 Å². The second-order valence-electron chi connectivity index (χ2n) is 11.4. The number of nitrogens with zero attached hydrogens (tertiary/aromatic N) is 2. The zero-order valence-corrected chi connectivity index (χ0v) is 25.5. The highest BCUT2D eigenvalue weighted by Gasteiger charge is 2.39. The summed E-state index contributed by atoms with van der Waals surface area (Å²) >= 11 is 6.37. The van der Waals surface area contributed by atoms with Gasteiger partial charge >= 0.3 is 6.09 Å². The molecule has 36 heavy (non-hydrogen) atoms. The van der Waals surface area contributed by atoms with Gasteiger partial charge in [-0.15, -0.1) is 0 Å². The number of hydrogen-bond acceptors (Lipinski definition) is 6. The molecule has 0 N–H and O–H groups in total. The van der Waals surface area contributed by atoms with Gasteiger partial charge in [-0.05, 0) is 57.8 Å². The molecule has 0 fully saturated rings. The first-order valence-electron chi connectivity index (χ1n) is 12.1. The molecular formula is C26H40ClN2O5SSi. The number of carbonyl (C=O) groups is 1. The number of carbonyl (C=O) groups excluding carboxylic acids is 1. The van der Waals surface area contributed by atoms with Crippen molar-refractivity contribution in [2.24, 2.45) is 0 Å². The zero-order valence-electron chi connectivity index (χ0n) is 22.9. The highest BCUT2D eigenvalue weighted by molar-refractivity contribution is 7.92. The molecule has 1 amide bonds. The second-order valence-corrected chi connectivity index (χ2v) is 18.6. The summed E-state index contributed by atoms with van der Waals surface area (Å²) in [6.45, 7) is 18.2. The Kier molecular flexibility index (Phi) is 9.65. The monoisotopic (exact) mass is 555 g/mol. The third-order valence-electron chi connectivity index (χ3n) is 6.36. The van der Waals surface area contributed by atoms with E-state index in [9.17, 15) is 13.2 Å². The van der Waals surface area contributed by atoms with Gasteiger partial charge in [-0.25, -0.2) is 13.2 Å². The van der Waals surface area contributed by atoms with Crippen molar-refractivity contribution in [1.82, 2.24) is 9.88 Å². The lowest BCUT2D eigenvalue weighted by atomic mass is 10.2. The number of hydrogen-bond donors (Lipinski definition) is 0. The molecule has 1 atom stereocenters. The molecule has 0 unspecified atom stereocenters. The average molecular weight is 556 g/mol. The minimum Gasteiger partial charge on any atom is -0.444 e. The van der Waals surface area contributed by atoms with Gasteiger partial charge in [-0.1, -0.05) is 51.4 Å². The van der Waals surface area contributed by atoms with Gasteiger partial charge in [-0.2, -0.15) is 0 Å². The van der Waals surface area contributed by atoms with E-state index in [2.05, 4.69) is 38.8 Å². The fourth-order valence-corrected chi connectivity index (χ4v) is 6.81. The van der Waals surface area contributed by atoms with Crippen LogP contribution in [0.25, 0.3) is 10.8 Å². The number of aromatic nitrogens is 1. The van der Waals surface area contributed by atoms with Crippen LogP contribution in [0.3, 0.4) is 0 Å². The Morgan fingerprint density at radius 2 is 1.81 bits per heavy atom. The van der Waals surface area contributed by atoms with Crippen LogP contribution in [0.4, 0.5) is 4.79 Å². The highest BCUT2D eigenvalue weighted by atomic mass is 35.5. The van der Waals surface area contributed by atoms with E-state index in [0.29, 0.717) is 23.8 Å². The molecule has 0 bridgehead atoms. The summed E-state index contributed by atoms with van der Waals surface area (Å²) in [5.74, 6) is 0. The number of pyridine rings is 1. The average Bonchev–Trinajstić information content (AvgIpc) is 2.73. The molecule has 1 aromatic heterocycles. The standard InChI is InChI=1S/C26H40ClN2O5SSi/c1-10-22(35(31,32)21-14-11-13-19-17-28-18-20(27)23(19)21)29(24(30)34-25(2,3)4)15-12-16-33-36(8,9)26(5,6)7/h10-11,13-14,17-18,22H,12,15-16H2,1-9H3/t22-/m0/s1. The summed E-state index contributed by atoms with van der Waals surface area (Å²) in [6.07, 6.45) is 4.24. The Labute approximate surface area is 222 Å². The Morgan fingerprint density at radius 1 is 1.17 bits per heavy atom. The third kappa shape index (κ3) is 7.21. The van der Waals surface area contributed by atoms with Gasteiger partial charge in [-0.3, -0.25) is 9.88 Å². The molecule has 0 aliphatic heterocycles. The van der Waals surface area contributed by atoms with E-state index in [4.69, 9.17) is 20.8 Å². The lowest BCUT2D eigenvalue weighted by molar-refractivity contribution is 0.0230. The molecular weight excluding hydrogens is 516 g/mol. The van der Waals surface area contributed by atoms with Gasteiger partial charge in [0.15, 0.2) is 8.32 Å². The van der Waals surface area contributed by atoms with Crippen LogP contribution in [-0.4, -0.2) is 56.8 Å². The Hall–Kier alpha value is -1.68. The number of rotatable bonds is 9. The number of fused-ring (bicyclic) bond motifs is 1. The maximum Gasteiger partial charge on any atom is 0.411 e. The molecule has 10 heteroatoms. The molecule has 1 heterocycles. The molecule has 0 saturated carbocycles.